The Labute approximate surface area is 218 Å². The number of rotatable bonds is 9. The van der Waals surface area contributed by atoms with Crippen LogP contribution in [0, 0.1) is 5.82 Å². The van der Waals surface area contributed by atoms with Crippen molar-refractivity contribution < 1.29 is 23.4 Å². The number of hydrogen-bond acceptors (Lipinski definition) is 6. The molecule has 0 atom stereocenters. The lowest BCUT2D eigenvalue weighted by molar-refractivity contribution is -0.122. The molecule has 9 heteroatoms. The van der Waals surface area contributed by atoms with Gasteiger partial charge in [0, 0.05) is 7.11 Å². The molecule has 6 nitrogen and oxygen atoms in total. The van der Waals surface area contributed by atoms with Gasteiger partial charge in [-0.1, -0.05) is 41.9 Å². The van der Waals surface area contributed by atoms with Gasteiger partial charge in [-0.15, -0.1) is 0 Å². The molecular weight excluding hydrogens is 503 g/mol. The molecule has 1 aliphatic heterocycles. The molecule has 0 N–H and O–H groups in total. The van der Waals surface area contributed by atoms with Crippen LogP contribution in [0.4, 0.5) is 10.1 Å². The maximum atomic E-state index is 13.2. The van der Waals surface area contributed by atoms with Crippen LogP contribution in [0.3, 0.4) is 0 Å². The summed E-state index contributed by atoms with van der Waals surface area (Å²) in [5, 5.41) is 0.903. The number of aliphatic imine (C=N–C) groups is 1. The van der Waals surface area contributed by atoms with Crippen LogP contribution in [0.25, 0.3) is 6.08 Å². The third kappa shape index (κ3) is 6.26. The Kier molecular flexibility index (Phi) is 8.64. The number of methoxy groups -OCH3 is 2. The Hall–Kier alpha value is -3.33. The lowest BCUT2D eigenvalue weighted by Gasteiger charge is -2.14. The standard InChI is InChI=1S/C27H24ClFN2O4S/c1-33-13-12-31-26(32)24(36-27(31)30-21-6-4-3-5-7-21)16-19-14-22(28)25(23(15-19)34-2)35-17-18-8-10-20(29)11-9-18/h3-11,14-16H,12-13,17H2,1-2H3/b24-16-,30-27?. The number of ether oxygens (including phenoxy) is 3. The van der Waals surface area contributed by atoms with E-state index in [-0.39, 0.29) is 18.3 Å². The largest absolute Gasteiger partial charge is 0.493 e. The molecule has 36 heavy (non-hydrogen) atoms. The molecular formula is C27H24ClFN2O4S. The number of nitrogens with zero attached hydrogens (tertiary/aromatic N) is 2. The smallest absolute Gasteiger partial charge is 0.266 e. The molecule has 0 bridgehead atoms. The maximum absolute atomic E-state index is 13.2. The first-order valence-electron chi connectivity index (χ1n) is 11.1. The summed E-state index contributed by atoms with van der Waals surface area (Å²) in [5.41, 5.74) is 2.22. The average molecular weight is 527 g/mol. The van der Waals surface area contributed by atoms with Crippen molar-refractivity contribution in [2.75, 3.05) is 27.4 Å². The molecule has 1 amide bonds. The van der Waals surface area contributed by atoms with Gasteiger partial charge in [-0.3, -0.25) is 9.69 Å². The Morgan fingerprint density at radius 3 is 2.53 bits per heavy atom. The highest BCUT2D eigenvalue weighted by Crippen LogP contribution is 2.39. The summed E-state index contributed by atoms with van der Waals surface area (Å²) in [6, 6.07) is 18.9. The molecule has 0 radical (unpaired) electrons. The Morgan fingerprint density at radius 1 is 1.08 bits per heavy atom. The molecule has 0 unspecified atom stereocenters. The van der Waals surface area contributed by atoms with Crippen molar-refractivity contribution in [2.45, 2.75) is 6.61 Å². The molecule has 186 valence electrons. The first-order valence-corrected chi connectivity index (χ1v) is 12.3. The number of hydrogen-bond donors (Lipinski definition) is 0. The number of halogens is 2. The summed E-state index contributed by atoms with van der Waals surface area (Å²) in [6.45, 7) is 0.956. The first kappa shape index (κ1) is 25.8. The van der Waals surface area contributed by atoms with E-state index in [1.54, 1.807) is 42.4 Å². The summed E-state index contributed by atoms with van der Waals surface area (Å²) < 4.78 is 29.7. The lowest BCUT2D eigenvalue weighted by atomic mass is 10.1. The highest BCUT2D eigenvalue weighted by molar-refractivity contribution is 8.18. The Bertz CT molecular complexity index is 1280. The van der Waals surface area contributed by atoms with Gasteiger partial charge in [0.2, 0.25) is 0 Å². The molecule has 1 fully saturated rings. The topological polar surface area (TPSA) is 60.4 Å². The van der Waals surface area contributed by atoms with E-state index in [4.69, 9.17) is 25.8 Å². The zero-order valence-electron chi connectivity index (χ0n) is 19.7. The molecule has 0 aromatic heterocycles. The molecule has 1 saturated heterocycles. The number of carbonyl (C=O) groups excluding carboxylic acids is 1. The van der Waals surface area contributed by atoms with E-state index in [0.717, 1.165) is 11.3 Å². The molecule has 1 heterocycles. The number of thioether (sulfide) groups is 1. The summed E-state index contributed by atoms with van der Waals surface area (Å²) >= 11 is 7.81. The van der Waals surface area contributed by atoms with Crippen LogP contribution in [-0.4, -0.2) is 43.3 Å². The van der Waals surface area contributed by atoms with Crippen molar-refractivity contribution in [3.63, 3.8) is 0 Å². The van der Waals surface area contributed by atoms with Gasteiger partial charge < -0.3 is 14.2 Å². The number of carbonyl (C=O) groups is 1. The molecule has 3 aromatic carbocycles. The van der Waals surface area contributed by atoms with Crippen LogP contribution in [0.15, 0.2) is 76.6 Å². The van der Waals surface area contributed by atoms with Gasteiger partial charge >= 0.3 is 0 Å². The second-order valence-corrected chi connectivity index (χ2v) is 9.16. The van der Waals surface area contributed by atoms with E-state index in [9.17, 15) is 9.18 Å². The molecule has 4 rings (SSSR count). The van der Waals surface area contributed by atoms with Crippen molar-refractivity contribution in [3.8, 4) is 11.5 Å². The van der Waals surface area contributed by atoms with Crippen molar-refractivity contribution >= 4 is 46.2 Å². The first-order chi connectivity index (χ1) is 17.5. The van der Waals surface area contributed by atoms with Gasteiger partial charge in [0.1, 0.15) is 12.4 Å². The molecule has 0 saturated carbocycles. The summed E-state index contributed by atoms with van der Waals surface area (Å²) in [4.78, 5) is 19.9. The van der Waals surface area contributed by atoms with Gasteiger partial charge in [-0.2, -0.15) is 0 Å². The second kappa shape index (κ2) is 12.1. The van der Waals surface area contributed by atoms with E-state index in [0.29, 0.717) is 45.3 Å². The van der Waals surface area contributed by atoms with Crippen LogP contribution >= 0.6 is 23.4 Å². The minimum atomic E-state index is -0.316. The van der Waals surface area contributed by atoms with Gasteiger partial charge in [-0.05, 0) is 65.4 Å². The minimum absolute atomic E-state index is 0.168. The highest BCUT2D eigenvalue weighted by Gasteiger charge is 2.33. The molecule has 0 spiro atoms. The van der Waals surface area contributed by atoms with Crippen LogP contribution in [0.5, 0.6) is 11.5 Å². The van der Waals surface area contributed by atoms with Gasteiger partial charge in [0.25, 0.3) is 5.91 Å². The van der Waals surface area contributed by atoms with Crippen LogP contribution in [-0.2, 0) is 16.1 Å². The highest BCUT2D eigenvalue weighted by atomic mass is 35.5. The third-order valence-corrected chi connectivity index (χ3v) is 6.52. The lowest BCUT2D eigenvalue weighted by Crippen LogP contribution is -2.32. The fourth-order valence-electron chi connectivity index (χ4n) is 3.43. The predicted molar refractivity (Wildman–Crippen MR) is 141 cm³/mol. The second-order valence-electron chi connectivity index (χ2n) is 7.74. The third-order valence-electron chi connectivity index (χ3n) is 5.23. The molecule has 0 aliphatic carbocycles. The van der Waals surface area contributed by atoms with Crippen molar-refractivity contribution in [3.05, 3.63) is 93.6 Å². The van der Waals surface area contributed by atoms with Crippen LogP contribution in [0.2, 0.25) is 5.02 Å². The normalized spacial score (nSPS) is 15.7. The van der Waals surface area contributed by atoms with E-state index in [1.807, 2.05) is 30.3 Å². The minimum Gasteiger partial charge on any atom is -0.493 e. The molecule has 3 aromatic rings. The molecule has 1 aliphatic rings. The Morgan fingerprint density at radius 2 is 1.83 bits per heavy atom. The summed E-state index contributed by atoms with van der Waals surface area (Å²) in [5.74, 6) is 0.299. The number of amides is 1. The van der Waals surface area contributed by atoms with Crippen molar-refractivity contribution in [2.24, 2.45) is 4.99 Å². The number of benzene rings is 3. The van der Waals surface area contributed by atoms with Crippen molar-refractivity contribution in [1.29, 1.82) is 0 Å². The summed E-state index contributed by atoms with van der Waals surface area (Å²) in [6.07, 6.45) is 1.75. The monoisotopic (exact) mass is 526 g/mol. The van der Waals surface area contributed by atoms with Gasteiger partial charge in [0.05, 0.1) is 35.9 Å². The van der Waals surface area contributed by atoms with Crippen molar-refractivity contribution in [1.82, 2.24) is 4.90 Å². The zero-order chi connectivity index (χ0) is 25.5. The maximum Gasteiger partial charge on any atom is 0.266 e. The zero-order valence-corrected chi connectivity index (χ0v) is 21.3. The Balaban J connectivity index is 1.59. The van der Waals surface area contributed by atoms with Crippen LogP contribution in [0.1, 0.15) is 11.1 Å². The quantitative estimate of drug-likeness (QED) is 0.305. The van der Waals surface area contributed by atoms with E-state index in [2.05, 4.69) is 4.99 Å². The predicted octanol–water partition coefficient (Wildman–Crippen LogP) is 6.32. The number of para-hydroxylation sites is 1. The SMILES string of the molecule is COCCN1C(=O)/C(=C/c2cc(Cl)c(OCc3ccc(F)cc3)c(OC)c2)SC1=Nc1ccccc1. The summed E-state index contributed by atoms with van der Waals surface area (Å²) in [7, 11) is 3.10. The van der Waals surface area contributed by atoms with E-state index < -0.39 is 0 Å². The van der Waals surface area contributed by atoms with Crippen LogP contribution < -0.4 is 9.47 Å². The fourth-order valence-corrected chi connectivity index (χ4v) is 4.73. The van der Waals surface area contributed by atoms with E-state index >= 15 is 0 Å². The fraction of sp³-hybridized carbons (Fsp3) is 0.185. The number of amidine groups is 1. The van der Waals surface area contributed by atoms with Gasteiger partial charge in [0.15, 0.2) is 16.7 Å². The van der Waals surface area contributed by atoms with E-state index in [1.165, 1.54) is 31.0 Å². The average Bonchev–Trinajstić information content (AvgIpc) is 3.16. The van der Waals surface area contributed by atoms with Gasteiger partial charge in [-0.25, -0.2) is 9.38 Å².